The van der Waals surface area contributed by atoms with Crippen molar-refractivity contribution < 1.29 is 4.42 Å². The van der Waals surface area contributed by atoms with E-state index in [-0.39, 0.29) is 0 Å². The fourth-order valence-electron chi connectivity index (χ4n) is 7.51. The summed E-state index contributed by atoms with van der Waals surface area (Å²) in [7, 11) is 0. The summed E-state index contributed by atoms with van der Waals surface area (Å²) in [6, 6.07) is 57.5. The molecule has 0 N–H and O–H groups in total. The molecule has 11 aromatic rings. The summed E-state index contributed by atoms with van der Waals surface area (Å²) in [5, 5.41) is 9.21. The number of hydrogen-bond donors (Lipinski definition) is 0. The van der Waals surface area contributed by atoms with Crippen LogP contribution in [-0.2, 0) is 0 Å². The van der Waals surface area contributed by atoms with Crippen LogP contribution in [0.3, 0.4) is 0 Å². The van der Waals surface area contributed by atoms with Gasteiger partial charge in [-0.2, -0.15) is 0 Å². The molecule has 0 saturated carbocycles. The Morgan fingerprint density at radius 2 is 0.962 bits per heavy atom. The van der Waals surface area contributed by atoms with Crippen LogP contribution in [0.5, 0.6) is 0 Å². The summed E-state index contributed by atoms with van der Waals surface area (Å²) in [4.78, 5) is 15.4. The molecule has 52 heavy (non-hydrogen) atoms. The Morgan fingerprint density at radius 3 is 1.71 bits per heavy atom. The molecule has 5 heteroatoms. The minimum atomic E-state index is 0.605. The smallest absolute Gasteiger partial charge is 0.164 e. The molecule has 0 saturated heterocycles. The van der Waals surface area contributed by atoms with Crippen LogP contribution in [0, 0.1) is 0 Å². The fraction of sp³-hybridized carbons (Fsp3) is 0. The molecular formula is C47H27N3OS. The van der Waals surface area contributed by atoms with E-state index in [1.54, 1.807) is 0 Å². The molecule has 11 rings (SSSR count). The highest BCUT2D eigenvalue weighted by atomic mass is 32.1. The van der Waals surface area contributed by atoms with Crippen LogP contribution in [0.25, 0.3) is 109 Å². The first kappa shape index (κ1) is 29.1. The van der Waals surface area contributed by atoms with E-state index in [2.05, 4.69) is 152 Å². The first-order valence-electron chi connectivity index (χ1n) is 17.3. The SMILES string of the molecule is c1ccc2cc(-c3nc(-c4ccc5ccccc5c4)nc(-c4cccc5oc6cc(-c7ccc8sc9ccccc9c8c7)ccc6c45)n3)ccc2c1. The molecule has 0 aliphatic carbocycles. The van der Waals surface area contributed by atoms with Gasteiger partial charge >= 0.3 is 0 Å². The van der Waals surface area contributed by atoms with Crippen LogP contribution in [0.1, 0.15) is 0 Å². The Hall–Kier alpha value is -6.69. The van der Waals surface area contributed by atoms with Crippen molar-refractivity contribution in [3.8, 4) is 45.3 Å². The molecule has 0 spiro atoms. The molecule has 8 aromatic carbocycles. The minimum Gasteiger partial charge on any atom is -0.456 e. The van der Waals surface area contributed by atoms with Crippen molar-refractivity contribution >= 4 is 75.0 Å². The number of fused-ring (bicyclic) bond motifs is 8. The number of hydrogen-bond acceptors (Lipinski definition) is 5. The third-order valence-electron chi connectivity index (χ3n) is 10.1. The molecule has 4 nitrogen and oxygen atoms in total. The Bertz CT molecular complexity index is 3110. The van der Waals surface area contributed by atoms with Gasteiger partial charge in [0.25, 0.3) is 0 Å². The Morgan fingerprint density at radius 1 is 0.365 bits per heavy atom. The molecule has 0 aliphatic heterocycles. The molecule has 0 unspecified atom stereocenters. The van der Waals surface area contributed by atoms with E-state index in [1.807, 2.05) is 23.5 Å². The van der Waals surface area contributed by atoms with E-state index in [0.717, 1.165) is 60.5 Å². The summed E-state index contributed by atoms with van der Waals surface area (Å²) < 4.78 is 9.18. The Labute approximate surface area is 302 Å². The highest BCUT2D eigenvalue weighted by molar-refractivity contribution is 7.25. The maximum Gasteiger partial charge on any atom is 0.164 e. The average Bonchev–Trinajstić information content (AvgIpc) is 3.78. The van der Waals surface area contributed by atoms with Crippen LogP contribution in [-0.4, -0.2) is 15.0 Å². The molecule has 0 radical (unpaired) electrons. The van der Waals surface area contributed by atoms with E-state index >= 15 is 0 Å². The molecule has 0 aliphatic rings. The van der Waals surface area contributed by atoms with E-state index in [4.69, 9.17) is 19.4 Å². The van der Waals surface area contributed by atoms with Crippen molar-refractivity contribution in [1.82, 2.24) is 15.0 Å². The highest BCUT2D eigenvalue weighted by Crippen LogP contribution is 2.40. The van der Waals surface area contributed by atoms with Gasteiger partial charge in [-0.05, 0) is 81.2 Å². The molecule has 0 bridgehead atoms. The number of rotatable bonds is 4. The zero-order chi connectivity index (χ0) is 34.2. The van der Waals surface area contributed by atoms with Gasteiger partial charge in [0.2, 0.25) is 0 Å². The molecule has 242 valence electrons. The molecule has 0 fully saturated rings. The topological polar surface area (TPSA) is 51.8 Å². The van der Waals surface area contributed by atoms with Gasteiger partial charge in [0.15, 0.2) is 17.5 Å². The van der Waals surface area contributed by atoms with Crippen LogP contribution in [0.4, 0.5) is 0 Å². The van der Waals surface area contributed by atoms with Crippen LogP contribution in [0.15, 0.2) is 168 Å². The predicted molar refractivity (Wildman–Crippen MR) is 217 cm³/mol. The highest BCUT2D eigenvalue weighted by Gasteiger charge is 2.19. The third-order valence-corrected chi connectivity index (χ3v) is 11.3. The van der Waals surface area contributed by atoms with Gasteiger partial charge in [-0.3, -0.25) is 0 Å². The quantitative estimate of drug-likeness (QED) is 0.185. The second-order valence-electron chi connectivity index (χ2n) is 13.2. The van der Waals surface area contributed by atoms with Gasteiger partial charge in [-0.1, -0.05) is 115 Å². The third kappa shape index (κ3) is 4.71. The monoisotopic (exact) mass is 681 g/mol. The molecule has 0 amide bonds. The lowest BCUT2D eigenvalue weighted by molar-refractivity contribution is 0.669. The van der Waals surface area contributed by atoms with Gasteiger partial charge in [0.1, 0.15) is 11.2 Å². The molecule has 3 heterocycles. The number of benzene rings is 8. The lowest BCUT2D eigenvalue weighted by Gasteiger charge is -2.10. The molecular weight excluding hydrogens is 655 g/mol. The fourth-order valence-corrected chi connectivity index (χ4v) is 8.60. The van der Waals surface area contributed by atoms with Crippen molar-refractivity contribution in [3.05, 3.63) is 164 Å². The first-order valence-corrected chi connectivity index (χ1v) is 18.2. The number of aromatic nitrogens is 3. The molecule has 3 aromatic heterocycles. The van der Waals surface area contributed by atoms with Crippen molar-refractivity contribution in [1.29, 1.82) is 0 Å². The Balaban J connectivity index is 1.09. The van der Waals surface area contributed by atoms with E-state index in [0.29, 0.717) is 17.5 Å². The lowest BCUT2D eigenvalue weighted by atomic mass is 10.00. The Kier molecular flexibility index (Phi) is 6.39. The lowest BCUT2D eigenvalue weighted by Crippen LogP contribution is -2.00. The number of nitrogens with zero attached hydrogens (tertiary/aromatic N) is 3. The normalized spacial score (nSPS) is 11.8. The predicted octanol–water partition coefficient (Wildman–Crippen LogP) is 13.1. The zero-order valence-electron chi connectivity index (χ0n) is 27.7. The van der Waals surface area contributed by atoms with E-state index in [1.165, 1.54) is 30.9 Å². The van der Waals surface area contributed by atoms with E-state index < -0.39 is 0 Å². The standard InChI is InChI=1S/C47H27N3OS/c1-3-10-30-24-34(18-16-28(30)8-1)45-48-46(35-19-17-29-9-2-4-11-31(29)25-35)50-47(49-45)38-13-7-14-40-44(38)37-22-20-33(27-41(37)51-40)32-21-23-43-39(26-32)36-12-5-6-15-42(36)52-43/h1-27H. The summed E-state index contributed by atoms with van der Waals surface area (Å²) in [5.74, 6) is 1.86. The zero-order valence-corrected chi connectivity index (χ0v) is 28.6. The second kappa shape index (κ2) is 11.4. The van der Waals surface area contributed by atoms with Gasteiger partial charge in [-0.25, -0.2) is 15.0 Å². The van der Waals surface area contributed by atoms with Crippen molar-refractivity contribution in [2.45, 2.75) is 0 Å². The second-order valence-corrected chi connectivity index (χ2v) is 14.3. The summed E-state index contributed by atoms with van der Waals surface area (Å²) in [5.41, 5.74) is 6.68. The summed E-state index contributed by atoms with van der Waals surface area (Å²) in [6.07, 6.45) is 0. The largest absolute Gasteiger partial charge is 0.456 e. The van der Waals surface area contributed by atoms with Gasteiger partial charge < -0.3 is 4.42 Å². The maximum atomic E-state index is 6.58. The van der Waals surface area contributed by atoms with Crippen molar-refractivity contribution in [3.63, 3.8) is 0 Å². The van der Waals surface area contributed by atoms with Crippen LogP contribution < -0.4 is 0 Å². The maximum absolute atomic E-state index is 6.58. The minimum absolute atomic E-state index is 0.605. The van der Waals surface area contributed by atoms with Crippen LogP contribution in [0.2, 0.25) is 0 Å². The number of thiophene rings is 1. The van der Waals surface area contributed by atoms with Gasteiger partial charge in [-0.15, -0.1) is 11.3 Å². The summed E-state index contributed by atoms with van der Waals surface area (Å²) >= 11 is 1.84. The molecule has 0 atom stereocenters. The number of furan rings is 1. The first-order chi connectivity index (χ1) is 25.7. The van der Waals surface area contributed by atoms with E-state index in [9.17, 15) is 0 Å². The van der Waals surface area contributed by atoms with Gasteiger partial charge in [0, 0.05) is 47.6 Å². The average molecular weight is 682 g/mol. The summed E-state index contributed by atoms with van der Waals surface area (Å²) in [6.45, 7) is 0. The van der Waals surface area contributed by atoms with Crippen molar-refractivity contribution in [2.24, 2.45) is 0 Å². The van der Waals surface area contributed by atoms with Gasteiger partial charge in [0.05, 0.1) is 0 Å². The van der Waals surface area contributed by atoms with Crippen molar-refractivity contribution in [2.75, 3.05) is 0 Å². The van der Waals surface area contributed by atoms with Crippen LogP contribution >= 0.6 is 11.3 Å².